The number of rotatable bonds is 7. The highest BCUT2D eigenvalue weighted by Crippen LogP contribution is 2.07. The maximum Gasteiger partial charge on any atom is 0.330 e. The number of hydrogen-bond donors (Lipinski definition) is 0. The second-order valence-corrected chi connectivity index (χ2v) is 7.32. The Bertz CT molecular complexity index is 1010. The van der Waals surface area contributed by atoms with Gasteiger partial charge in [0.15, 0.2) is 5.49 Å². The Labute approximate surface area is 170 Å². The van der Waals surface area contributed by atoms with Crippen LogP contribution in [0.15, 0.2) is 46.4 Å². The molecule has 0 bridgehead atoms. The second-order valence-electron chi connectivity index (χ2n) is 7.32. The van der Waals surface area contributed by atoms with E-state index in [1.807, 2.05) is 43.3 Å². The Morgan fingerprint density at radius 2 is 2.14 bits per heavy atom. The van der Waals surface area contributed by atoms with Gasteiger partial charge in [0.1, 0.15) is 30.3 Å². The van der Waals surface area contributed by atoms with Gasteiger partial charge in [-0.2, -0.15) is 0 Å². The zero-order valence-corrected chi connectivity index (χ0v) is 17.4. The number of ether oxygens (including phenoxy) is 1. The predicted molar refractivity (Wildman–Crippen MR) is 112 cm³/mol. The van der Waals surface area contributed by atoms with Gasteiger partial charge in [-0.3, -0.25) is 18.9 Å². The highest BCUT2D eigenvalue weighted by atomic mass is 16.5. The van der Waals surface area contributed by atoms with Crippen molar-refractivity contribution in [3.63, 3.8) is 0 Å². The summed E-state index contributed by atoms with van der Waals surface area (Å²) >= 11 is 0. The topological polar surface area (TPSA) is 72.1 Å². The molecule has 156 valence electrons. The summed E-state index contributed by atoms with van der Waals surface area (Å²) in [6, 6.07) is -0.155. The maximum atomic E-state index is 12.8. The molecule has 1 aromatic heterocycles. The van der Waals surface area contributed by atoms with Crippen molar-refractivity contribution in [2.75, 3.05) is 33.3 Å². The third-order valence-corrected chi connectivity index (χ3v) is 5.13. The SMILES string of the molecule is C=C/C=C\C(=C/C)OCC1CN(C)C=c2c(n(C)c(=O)n2CC(=O)N2CCC2)=N1. The van der Waals surface area contributed by atoms with Crippen LogP contribution in [-0.4, -0.2) is 64.2 Å². The average Bonchev–Trinajstić information content (AvgIpc) is 2.79. The second kappa shape index (κ2) is 8.98. The Morgan fingerprint density at radius 1 is 1.38 bits per heavy atom. The van der Waals surface area contributed by atoms with E-state index < -0.39 is 0 Å². The maximum absolute atomic E-state index is 12.8. The predicted octanol–water partition coefficient (Wildman–Crippen LogP) is -0.247. The van der Waals surface area contributed by atoms with Crippen LogP contribution >= 0.6 is 0 Å². The van der Waals surface area contributed by atoms with Gasteiger partial charge >= 0.3 is 5.69 Å². The number of nitrogens with zero attached hydrogens (tertiary/aromatic N) is 5. The first-order valence-corrected chi connectivity index (χ1v) is 9.86. The number of carbonyl (C=O) groups excluding carboxylic acids is 1. The van der Waals surface area contributed by atoms with Gasteiger partial charge in [0.05, 0.1) is 0 Å². The first kappa shape index (κ1) is 20.7. The normalized spacial score (nSPS) is 19.1. The van der Waals surface area contributed by atoms with E-state index in [1.54, 1.807) is 18.0 Å². The van der Waals surface area contributed by atoms with Crippen molar-refractivity contribution in [2.45, 2.75) is 25.9 Å². The number of amides is 1. The van der Waals surface area contributed by atoms with E-state index in [0.29, 0.717) is 24.0 Å². The molecule has 0 saturated carbocycles. The van der Waals surface area contributed by atoms with Crippen LogP contribution in [0.4, 0.5) is 0 Å². The molecule has 1 atom stereocenters. The van der Waals surface area contributed by atoms with E-state index >= 15 is 0 Å². The molecule has 0 radical (unpaired) electrons. The van der Waals surface area contributed by atoms with Gasteiger partial charge in [-0.15, -0.1) is 0 Å². The minimum absolute atomic E-state index is 0.0290. The summed E-state index contributed by atoms with van der Waals surface area (Å²) in [6.07, 6.45) is 10.1. The lowest BCUT2D eigenvalue weighted by Crippen LogP contribution is -2.46. The molecule has 1 aromatic rings. The molecule has 3 rings (SSSR count). The molecule has 0 N–H and O–H groups in total. The van der Waals surface area contributed by atoms with Gasteiger partial charge < -0.3 is 14.5 Å². The van der Waals surface area contributed by atoms with Crippen LogP contribution in [0, 0.1) is 0 Å². The van der Waals surface area contributed by atoms with Crippen LogP contribution < -0.4 is 16.5 Å². The highest BCUT2D eigenvalue weighted by molar-refractivity contribution is 5.76. The molecule has 8 nitrogen and oxygen atoms in total. The first-order chi connectivity index (χ1) is 13.9. The third kappa shape index (κ3) is 4.52. The summed E-state index contributed by atoms with van der Waals surface area (Å²) < 4.78 is 8.91. The zero-order chi connectivity index (χ0) is 21.0. The molecule has 29 heavy (non-hydrogen) atoms. The molecule has 3 heterocycles. The molecule has 2 aliphatic heterocycles. The van der Waals surface area contributed by atoms with Gasteiger partial charge in [0.25, 0.3) is 0 Å². The van der Waals surface area contributed by atoms with Crippen molar-refractivity contribution in [3.8, 4) is 0 Å². The van der Waals surface area contributed by atoms with Crippen molar-refractivity contribution >= 4 is 12.1 Å². The van der Waals surface area contributed by atoms with Gasteiger partial charge in [0, 0.05) is 39.9 Å². The number of imidazole rings is 1. The summed E-state index contributed by atoms with van der Waals surface area (Å²) in [7, 11) is 3.63. The van der Waals surface area contributed by atoms with Crippen molar-refractivity contribution in [1.29, 1.82) is 0 Å². The number of hydrogen-bond acceptors (Lipinski definition) is 5. The lowest BCUT2D eigenvalue weighted by atomic mass is 10.2. The molecule has 1 fully saturated rings. The molecule has 0 aromatic carbocycles. The van der Waals surface area contributed by atoms with Gasteiger partial charge in [-0.1, -0.05) is 18.7 Å². The summed E-state index contributed by atoms with van der Waals surface area (Å²) in [5.74, 6) is 0.710. The lowest BCUT2D eigenvalue weighted by Gasteiger charge is -2.30. The molecule has 8 heteroatoms. The molecule has 1 unspecified atom stereocenters. The van der Waals surface area contributed by atoms with E-state index in [2.05, 4.69) is 6.58 Å². The van der Waals surface area contributed by atoms with Gasteiger partial charge in [-0.25, -0.2) is 4.79 Å². The molecular weight excluding hydrogens is 370 g/mol. The van der Waals surface area contributed by atoms with Gasteiger partial charge in [0.2, 0.25) is 5.91 Å². The number of likely N-dealkylation sites (tertiary alicyclic amines) is 1. The Morgan fingerprint density at radius 3 is 2.76 bits per heavy atom. The fraction of sp³-hybridized carbons (Fsp3) is 0.476. The smallest absolute Gasteiger partial charge is 0.330 e. The van der Waals surface area contributed by atoms with Crippen molar-refractivity contribution in [2.24, 2.45) is 12.0 Å². The minimum atomic E-state index is -0.234. The Balaban J connectivity index is 1.89. The average molecular weight is 399 g/mol. The van der Waals surface area contributed by atoms with Crippen LogP contribution in [-0.2, 0) is 23.1 Å². The number of fused-ring (bicyclic) bond motifs is 1. The molecule has 0 aliphatic carbocycles. The number of aromatic nitrogens is 2. The standard InChI is InChI=1S/C21H29N5O3/c1-5-7-9-17(6-2)29-15-16-12-23(3)13-18-20(22-16)24(4)21(28)26(18)14-19(27)25-10-8-11-25/h5-7,9,13,16H,1,8,10-12,14-15H2,2-4H3/b9-7-,17-6+. The summed E-state index contributed by atoms with van der Waals surface area (Å²) in [5.41, 5.74) is 0.343. The molecule has 0 spiro atoms. The lowest BCUT2D eigenvalue weighted by molar-refractivity contribution is -0.135. The monoisotopic (exact) mass is 399 g/mol. The zero-order valence-electron chi connectivity index (χ0n) is 17.4. The van der Waals surface area contributed by atoms with E-state index in [0.717, 1.165) is 25.3 Å². The quantitative estimate of drug-likeness (QED) is 0.468. The van der Waals surface area contributed by atoms with E-state index in [4.69, 9.17) is 9.73 Å². The number of likely N-dealkylation sites (N-methyl/N-ethyl adjacent to an activating group) is 1. The fourth-order valence-electron chi connectivity index (χ4n) is 3.38. The van der Waals surface area contributed by atoms with Gasteiger partial charge in [-0.05, 0) is 25.5 Å². The van der Waals surface area contributed by atoms with E-state index in [1.165, 1.54) is 9.13 Å². The van der Waals surface area contributed by atoms with Crippen LogP contribution in [0.3, 0.4) is 0 Å². The Kier molecular flexibility index (Phi) is 6.41. The molecule has 1 saturated heterocycles. The Hall–Kier alpha value is -3.03. The van der Waals surface area contributed by atoms with Crippen molar-refractivity contribution in [1.82, 2.24) is 18.9 Å². The van der Waals surface area contributed by atoms with Crippen molar-refractivity contribution in [3.05, 3.63) is 58.0 Å². The third-order valence-electron chi connectivity index (χ3n) is 5.13. The molecular formula is C21H29N5O3. The summed E-state index contributed by atoms with van der Waals surface area (Å²) in [6.45, 7) is 8.17. The summed E-state index contributed by atoms with van der Waals surface area (Å²) in [5, 5.41) is 0.661. The van der Waals surface area contributed by atoms with Crippen molar-refractivity contribution < 1.29 is 9.53 Å². The molecule has 2 aliphatic rings. The van der Waals surface area contributed by atoms with Crippen LogP contribution in [0.5, 0.6) is 0 Å². The van der Waals surface area contributed by atoms with E-state index in [-0.39, 0.29) is 24.2 Å². The van der Waals surface area contributed by atoms with E-state index in [9.17, 15) is 9.59 Å². The number of carbonyl (C=O) groups is 1. The first-order valence-electron chi connectivity index (χ1n) is 9.86. The largest absolute Gasteiger partial charge is 0.492 e. The fourth-order valence-corrected chi connectivity index (χ4v) is 3.38. The van der Waals surface area contributed by atoms with Crippen LogP contribution in [0.1, 0.15) is 13.3 Å². The number of allylic oxidation sites excluding steroid dienone is 4. The minimum Gasteiger partial charge on any atom is -0.492 e. The molecule has 1 amide bonds. The highest BCUT2D eigenvalue weighted by Gasteiger charge is 2.23. The van der Waals surface area contributed by atoms with Crippen LogP contribution in [0.2, 0.25) is 0 Å². The van der Waals surface area contributed by atoms with Crippen LogP contribution in [0.25, 0.3) is 6.20 Å². The summed E-state index contributed by atoms with van der Waals surface area (Å²) in [4.78, 5) is 33.8.